The lowest BCUT2D eigenvalue weighted by Crippen LogP contribution is -2.21. The van der Waals surface area contributed by atoms with E-state index in [-0.39, 0.29) is 31.2 Å². The largest absolute Gasteiger partial charge is 0.481 e. The Morgan fingerprint density at radius 1 is 1.44 bits per heavy atom. The Balaban J connectivity index is 0.00000225. The first-order chi connectivity index (χ1) is 7.08. The molecule has 2 atom stereocenters. The normalized spacial score (nSPS) is 24.4. The summed E-state index contributed by atoms with van der Waals surface area (Å²) in [5.74, 6) is -0.807. The molecule has 5 nitrogen and oxygen atoms in total. The van der Waals surface area contributed by atoms with Gasteiger partial charge in [0.05, 0.1) is 19.1 Å². The van der Waals surface area contributed by atoms with Crippen LogP contribution in [0.2, 0.25) is 0 Å². The van der Waals surface area contributed by atoms with E-state index in [0.717, 1.165) is 13.0 Å². The van der Waals surface area contributed by atoms with Gasteiger partial charge in [-0.25, -0.2) is 0 Å². The Labute approximate surface area is 102 Å². The summed E-state index contributed by atoms with van der Waals surface area (Å²) in [6.45, 7) is 1.54. The highest BCUT2D eigenvalue weighted by Crippen LogP contribution is 2.18. The zero-order valence-electron chi connectivity index (χ0n) is 9.72. The van der Waals surface area contributed by atoms with Gasteiger partial charge in [0.15, 0.2) is 6.29 Å². The van der Waals surface area contributed by atoms with Crippen molar-refractivity contribution in [2.24, 2.45) is 0 Å². The lowest BCUT2D eigenvalue weighted by molar-refractivity contribution is -0.139. The number of carboxylic acid groups (broad SMARTS) is 1. The number of hydrogen-bond donors (Lipinski definition) is 1. The molecule has 0 aromatic carbocycles. The highest BCUT2D eigenvalue weighted by molar-refractivity contribution is 5.85. The van der Waals surface area contributed by atoms with Crippen molar-refractivity contribution in [1.29, 1.82) is 0 Å². The molecule has 1 aliphatic rings. The fraction of sp³-hybridized carbons (Fsp3) is 0.900. The number of rotatable bonds is 6. The molecule has 1 heterocycles. The van der Waals surface area contributed by atoms with Crippen molar-refractivity contribution >= 4 is 18.4 Å². The zero-order valence-corrected chi connectivity index (χ0v) is 10.5. The highest BCUT2D eigenvalue weighted by atomic mass is 35.5. The van der Waals surface area contributed by atoms with Crippen molar-refractivity contribution in [3.05, 3.63) is 0 Å². The van der Waals surface area contributed by atoms with Crippen LogP contribution in [0.4, 0.5) is 0 Å². The number of carboxylic acids is 1. The summed E-state index contributed by atoms with van der Waals surface area (Å²) in [6, 6.07) is 0. The van der Waals surface area contributed by atoms with Crippen molar-refractivity contribution in [1.82, 2.24) is 4.90 Å². The minimum absolute atomic E-state index is 0. The van der Waals surface area contributed by atoms with Crippen molar-refractivity contribution in [2.45, 2.75) is 31.7 Å². The van der Waals surface area contributed by atoms with Gasteiger partial charge in [0.25, 0.3) is 0 Å². The van der Waals surface area contributed by atoms with Crippen LogP contribution in [0.5, 0.6) is 0 Å². The number of hydrogen-bond acceptors (Lipinski definition) is 4. The van der Waals surface area contributed by atoms with Gasteiger partial charge in [-0.15, -0.1) is 12.4 Å². The van der Waals surface area contributed by atoms with E-state index in [1.54, 1.807) is 0 Å². The van der Waals surface area contributed by atoms with E-state index in [1.807, 2.05) is 14.1 Å². The minimum Gasteiger partial charge on any atom is -0.481 e. The maximum Gasteiger partial charge on any atom is 0.303 e. The van der Waals surface area contributed by atoms with Crippen molar-refractivity contribution in [3.8, 4) is 0 Å². The van der Waals surface area contributed by atoms with Gasteiger partial charge in [-0.3, -0.25) is 4.79 Å². The number of nitrogens with zero attached hydrogens (tertiary/aromatic N) is 1. The van der Waals surface area contributed by atoms with E-state index in [1.165, 1.54) is 0 Å². The van der Waals surface area contributed by atoms with Gasteiger partial charge in [-0.1, -0.05) is 0 Å². The van der Waals surface area contributed by atoms with Crippen molar-refractivity contribution in [3.63, 3.8) is 0 Å². The first kappa shape index (κ1) is 15.6. The predicted octanol–water partition coefficient (Wildman–Crippen LogP) is 0.966. The van der Waals surface area contributed by atoms with E-state index in [2.05, 4.69) is 4.90 Å². The summed E-state index contributed by atoms with van der Waals surface area (Å²) in [5.41, 5.74) is 0. The van der Waals surface area contributed by atoms with Crippen LogP contribution in [0.1, 0.15) is 19.3 Å². The molecule has 16 heavy (non-hydrogen) atoms. The van der Waals surface area contributed by atoms with E-state index < -0.39 is 5.97 Å². The van der Waals surface area contributed by atoms with Gasteiger partial charge in [0.1, 0.15) is 0 Å². The van der Waals surface area contributed by atoms with Crippen LogP contribution >= 0.6 is 12.4 Å². The van der Waals surface area contributed by atoms with Crippen molar-refractivity contribution in [2.75, 3.05) is 27.2 Å². The quantitative estimate of drug-likeness (QED) is 0.764. The van der Waals surface area contributed by atoms with Crippen LogP contribution in [0.25, 0.3) is 0 Å². The van der Waals surface area contributed by atoms with Gasteiger partial charge in [0.2, 0.25) is 0 Å². The summed E-state index contributed by atoms with van der Waals surface area (Å²) in [4.78, 5) is 12.4. The topological polar surface area (TPSA) is 59.0 Å². The molecule has 6 heteroatoms. The highest BCUT2D eigenvalue weighted by Gasteiger charge is 2.25. The van der Waals surface area contributed by atoms with E-state index in [0.29, 0.717) is 13.0 Å². The third kappa shape index (κ3) is 6.27. The Morgan fingerprint density at radius 2 is 2.12 bits per heavy atom. The average Bonchev–Trinajstić information content (AvgIpc) is 2.59. The molecule has 0 radical (unpaired) electrons. The average molecular weight is 254 g/mol. The molecule has 0 bridgehead atoms. The molecule has 0 saturated carbocycles. The Kier molecular flexibility index (Phi) is 7.66. The smallest absolute Gasteiger partial charge is 0.303 e. The summed E-state index contributed by atoms with van der Waals surface area (Å²) in [7, 11) is 4.02. The first-order valence-electron chi connectivity index (χ1n) is 5.21. The maximum absolute atomic E-state index is 10.3. The number of halogens is 1. The fourth-order valence-electron chi connectivity index (χ4n) is 1.45. The second kappa shape index (κ2) is 7.84. The summed E-state index contributed by atoms with van der Waals surface area (Å²) < 4.78 is 10.9. The molecule has 0 spiro atoms. The number of aliphatic carboxylic acids is 1. The zero-order chi connectivity index (χ0) is 11.3. The van der Waals surface area contributed by atoms with Crippen molar-refractivity contribution < 1.29 is 19.4 Å². The molecule has 1 N–H and O–H groups in total. The van der Waals surface area contributed by atoms with Gasteiger partial charge >= 0.3 is 5.97 Å². The lowest BCUT2D eigenvalue weighted by atomic mass is 10.2. The molecular formula is C10H20ClNO4. The van der Waals surface area contributed by atoms with Crippen LogP contribution in [-0.2, 0) is 14.3 Å². The van der Waals surface area contributed by atoms with Gasteiger partial charge < -0.3 is 19.5 Å². The second-order valence-corrected chi connectivity index (χ2v) is 4.05. The Hall–Kier alpha value is -0.360. The molecule has 0 aliphatic carbocycles. The summed E-state index contributed by atoms with van der Waals surface area (Å²) in [5, 5.41) is 8.50. The molecule has 0 aromatic rings. The second-order valence-electron chi connectivity index (χ2n) is 4.05. The fourth-order valence-corrected chi connectivity index (χ4v) is 1.45. The molecular weight excluding hydrogens is 234 g/mol. The standard InChI is InChI=1S/C10H19NO4.ClH/c1-11(2)6-5-8-7-14-10(15-8)4-3-9(12)13;/h8,10H,3-7H2,1-2H3,(H,12,13);1H. The SMILES string of the molecule is CN(C)CCC1COC(CCC(=O)O)O1.Cl. The summed E-state index contributed by atoms with van der Waals surface area (Å²) >= 11 is 0. The van der Waals surface area contributed by atoms with Crippen LogP contribution < -0.4 is 0 Å². The monoisotopic (exact) mass is 253 g/mol. The maximum atomic E-state index is 10.3. The third-order valence-electron chi connectivity index (χ3n) is 2.30. The Bertz CT molecular complexity index is 213. The molecule has 1 aliphatic heterocycles. The molecule has 0 aromatic heterocycles. The Morgan fingerprint density at radius 3 is 2.69 bits per heavy atom. The summed E-state index contributed by atoms with van der Waals surface area (Å²) in [6.07, 6.45) is 1.26. The molecule has 96 valence electrons. The molecule has 1 fully saturated rings. The number of ether oxygens (including phenoxy) is 2. The van der Waals surface area contributed by atoms with Gasteiger partial charge in [-0.05, 0) is 20.5 Å². The minimum atomic E-state index is -0.807. The lowest BCUT2D eigenvalue weighted by Gasteiger charge is -2.13. The molecule has 0 amide bonds. The van der Waals surface area contributed by atoms with Crippen LogP contribution in [0.15, 0.2) is 0 Å². The van der Waals surface area contributed by atoms with Crippen LogP contribution in [0.3, 0.4) is 0 Å². The predicted molar refractivity (Wildman–Crippen MR) is 61.9 cm³/mol. The van der Waals surface area contributed by atoms with E-state index in [4.69, 9.17) is 14.6 Å². The molecule has 1 saturated heterocycles. The van der Waals surface area contributed by atoms with Crippen LogP contribution in [-0.4, -0.2) is 55.6 Å². The van der Waals surface area contributed by atoms with E-state index >= 15 is 0 Å². The van der Waals surface area contributed by atoms with Gasteiger partial charge in [-0.2, -0.15) is 0 Å². The first-order valence-corrected chi connectivity index (χ1v) is 5.21. The van der Waals surface area contributed by atoms with Gasteiger partial charge in [0, 0.05) is 13.0 Å². The third-order valence-corrected chi connectivity index (χ3v) is 2.30. The number of carbonyl (C=O) groups is 1. The van der Waals surface area contributed by atoms with E-state index in [9.17, 15) is 4.79 Å². The molecule has 2 unspecified atom stereocenters. The van der Waals surface area contributed by atoms with Crippen LogP contribution in [0, 0.1) is 0 Å². The molecule has 1 rings (SSSR count).